The molecule has 2 aromatic rings. The predicted octanol–water partition coefficient (Wildman–Crippen LogP) is 4.34. The van der Waals surface area contributed by atoms with Crippen molar-refractivity contribution in [2.75, 3.05) is 13.1 Å². The normalized spacial score (nSPS) is 15.1. The van der Waals surface area contributed by atoms with Crippen LogP contribution in [0.3, 0.4) is 0 Å². The van der Waals surface area contributed by atoms with Crippen LogP contribution in [-0.4, -0.2) is 29.8 Å². The Labute approximate surface area is 164 Å². The van der Waals surface area contributed by atoms with Gasteiger partial charge in [0, 0.05) is 18.7 Å². The Bertz CT molecular complexity index is 838. The molecule has 1 saturated heterocycles. The molecular formula is C22H23ClN2O2. The van der Waals surface area contributed by atoms with E-state index in [1.54, 1.807) is 29.2 Å². The molecule has 0 atom stereocenters. The molecule has 140 valence electrons. The number of halogens is 1. The molecule has 1 fully saturated rings. The summed E-state index contributed by atoms with van der Waals surface area (Å²) in [6.07, 6.45) is 3.05. The maximum atomic E-state index is 13.1. The Morgan fingerprint density at radius 2 is 1.52 bits per heavy atom. The van der Waals surface area contributed by atoms with Gasteiger partial charge in [-0.2, -0.15) is 0 Å². The number of hydrogen-bond donors (Lipinski definition) is 1. The zero-order chi connectivity index (χ0) is 19.2. The summed E-state index contributed by atoms with van der Waals surface area (Å²) >= 11 is 6.59. The summed E-state index contributed by atoms with van der Waals surface area (Å²) in [6.45, 7) is 3.35. The molecule has 0 radical (unpaired) electrons. The average Bonchev–Trinajstić information content (AvgIpc) is 2.72. The molecule has 1 aliphatic heterocycles. The van der Waals surface area contributed by atoms with Crippen LogP contribution in [0, 0.1) is 6.92 Å². The molecule has 0 saturated carbocycles. The highest BCUT2D eigenvalue weighted by Gasteiger charge is 2.25. The Morgan fingerprint density at radius 1 is 0.889 bits per heavy atom. The number of nitrogens with zero attached hydrogens (tertiary/aromatic N) is 1. The van der Waals surface area contributed by atoms with Crippen molar-refractivity contribution in [2.45, 2.75) is 26.2 Å². The van der Waals surface area contributed by atoms with Crippen molar-refractivity contribution in [3.8, 4) is 0 Å². The van der Waals surface area contributed by atoms with Gasteiger partial charge in [-0.15, -0.1) is 0 Å². The minimum absolute atomic E-state index is 0.135. The molecule has 0 spiro atoms. The van der Waals surface area contributed by atoms with Crippen molar-refractivity contribution in [2.24, 2.45) is 0 Å². The van der Waals surface area contributed by atoms with E-state index in [4.69, 9.17) is 11.6 Å². The quantitative estimate of drug-likeness (QED) is 0.799. The molecule has 1 aliphatic rings. The van der Waals surface area contributed by atoms with Gasteiger partial charge in [0.2, 0.25) is 0 Å². The number of amides is 2. The van der Waals surface area contributed by atoms with Crippen LogP contribution in [0.5, 0.6) is 0 Å². The van der Waals surface area contributed by atoms with Crippen LogP contribution in [0.25, 0.3) is 5.03 Å². The zero-order valence-corrected chi connectivity index (χ0v) is 16.1. The van der Waals surface area contributed by atoms with E-state index in [1.807, 2.05) is 37.3 Å². The summed E-state index contributed by atoms with van der Waals surface area (Å²) < 4.78 is 0. The van der Waals surface area contributed by atoms with E-state index in [-0.39, 0.29) is 22.5 Å². The monoisotopic (exact) mass is 382 g/mol. The van der Waals surface area contributed by atoms with Crippen LogP contribution in [-0.2, 0) is 4.79 Å². The van der Waals surface area contributed by atoms with Crippen molar-refractivity contribution in [3.63, 3.8) is 0 Å². The van der Waals surface area contributed by atoms with E-state index >= 15 is 0 Å². The van der Waals surface area contributed by atoms with Gasteiger partial charge in [-0.3, -0.25) is 9.59 Å². The van der Waals surface area contributed by atoms with E-state index < -0.39 is 0 Å². The first-order valence-corrected chi connectivity index (χ1v) is 9.56. The Balaban J connectivity index is 1.94. The Morgan fingerprint density at radius 3 is 2.15 bits per heavy atom. The van der Waals surface area contributed by atoms with Gasteiger partial charge in [-0.25, -0.2) is 0 Å². The third-order valence-corrected chi connectivity index (χ3v) is 5.06. The largest absolute Gasteiger partial charge is 0.337 e. The summed E-state index contributed by atoms with van der Waals surface area (Å²) in [4.78, 5) is 27.5. The van der Waals surface area contributed by atoms with Crippen molar-refractivity contribution >= 4 is 28.4 Å². The summed E-state index contributed by atoms with van der Waals surface area (Å²) in [7, 11) is 0. The summed E-state index contributed by atoms with van der Waals surface area (Å²) in [5.74, 6) is -0.578. The first-order valence-electron chi connectivity index (χ1n) is 9.19. The minimum atomic E-state index is -0.346. The molecule has 1 N–H and O–H groups in total. The van der Waals surface area contributed by atoms with Gasteiger partial charge in [0.25, 0.3) is 11.8 Å². The number of nitrogens with one attached hydrogen (secondary N) is 1. The van der Waals surface area contributed by atoms with Crippen molar-refractivity contribution in [1.29, 1.82) is 0 Å². The van der Waals surface area contributed by atoms with Gasteiger partial charge in [-0.1, -0.05) is 59.6 Å². The number of likely N-dealkylation sites (tertiary alicyclic amines) is 1. The predicted molar refractivity (Wildman–Crippen MR) is 108 cm³/mol. The summed E-state index contributed by atoms with van der Waals surface area (Å²) in [5.41, 5.74) is 2.42. The molecule has 2 amide bonds. The van der Waals surface area contributed by atoms with Crippen LogP contribution in [0.1, 0.15) is 40.7 Å². The third kappa shape index (κ3) is 4.77. The van der Waals surface area contributed by atoms with E-state index in [2.05, 4.69) is 5.32 Å². The van der Waals surface area contributed by atoms with Gasteiger partial charge in [0.1, 0.15) is 5.70 Å². The van der Waals surface area contributed by atoms with E-state index in [9.17, 15) is 9.59 Å². The molecule has 27 heavy (non-hydrogen) atoms. The second-order valence-electron chi connectivity index (χ2n) is 6.73. The standard InChI is InChI=1S/C22H23ClN2O2/c1-16-10-12-17(13-11-16)19(23)20(22(27)25-14-6-3-7-15-25)24-21(26)18-8-4-2-5-9-18/h2,4-5,8-13H,3,6-7,14-15H2,1H3,(H,24,26). The first kappa shape index (κ1) is 19.2. The number of hydrogen-bond acceptors (Lipinski definition) is 2. The number of carbonyl (C=O) groups excluding carboxylic acids is 2. The fourth-order valence-corrected chi connectivity index (χ4v) is 3.33. The topological polar surface area (TPSA) is 49.4 Å². The molecule has 1 heterocycles. The molecule has 0 unspecified atom stereocenters. The van der Waals surface area contributed by atoms with E-state index in [0.29, 0.717) is 24.2 Å². The van der Waals surface area contributed by atoms with E-state index in [0.717, 1.165) is 24.8 Å². The number of rotatable bonds is 4. The van der Waals surface area contributed by atoms with Gasteiger partial charge < -0.3 is 10.2 Å². The van der Waals surface area contributed by atoms with Gasteiger partial charge in [0.05, 0.1) is 5.03 Å². The summed E-state index contributed by atoms with van der Waals surface area (Å²) in [6, 6.07) is 16.4. The van der Waals surface area contributed by atoms with Gasteiger partial charge in [0.15, 0.2) is 0 Å². The van der Waals surface area contributed by atoms with Crippen LogP contribution < -0.4 is 5.32 Å². The number of benzene rings is 2. The van der Waals surface area contributed by atoms with Gasteiger partial charge >= 0.3 is 0 Å². The number of piperidine rings is 1. The van der Waals surface area contributed by atoms with Crippen molar-refractivity contribution in [1.82, 2.24) is 10.2 Å². The maximum absolute atomic E-state index is 13.1. The third-order valence-electron chi connectivity index (χ3n) is 4.66. The first-order chi connectivity index (χ1) is 13.1. The number of aryl methyl sites for hydroxylation is 1. The fraction of sp³-hybridized carbons (Fsp3) is 0.273. The average molecular weight is 383 g/mol. The second kappa shape index (κ2) is 8.87. The highest BCUT2D eigenvalue weighted by molar-refractivity contribution is 6.51. The molecule has 4 nitrogen and oxygen atoms in total. The van der Waals surface area contributed by atoms with Crippen LogP contribution in [0.15, 0.2) is 60.3 Å². The number of carbonyl (C=O) groups is 2. The smallest absolute Gasteiger partial charge is 0.271 e. The lowest BCUT2D eigenvalue weighted by molar-refractivity contribution is -0.128. The lowest BCUT2D eigenvalue weighted by Gasteiger charge is -2.28. The fourth-order valence-electron chi connectivity index (χ4n) is 3.08. The Hall–Kier alpha value is -2.59. The van der Waals surface area contributed by atoms with E-state index in [1.165, 1.54) is 0 Å². The molecule has 0 bridgehead atoms. The van der Waals surface area contributed by atoms with Crippen LogP contribution in [0.4, 0.5) is 0 Å². The van der Waals surface area contributed by atoms with Crippen LogP contribution >= 0.6 is 11.6 Å². The molecule has 0 aromatic heterocycles. The molecule has 2 aromatic carbocycles. The second-order valence-corrected chi connectivity index (χ2v) is 7.11. The summed E-state index contributed by atoms with van der Waals surface area (Å²) in [5, 5.41) is 3.02. The molecular weight excluding hydrogens is 360 g/mol. The Kier molecular flexibility index (Phi) is 6.30. The van der Waals surface area contributed by atoms with Crippen molar-refractivity contribution in [3.05, 3.63) is 77.0 Å². The lowest BCUT2D eigenvalue weighted by atomic mass is 10.1. The molecule has 5 heteroatoms. The SMILES string of the molecule is Cc1ccc(C(Cl)=C(NC(=O)c2ccccc2)C(=O)N2CCCCC2)cc1. The minimum Gasteiger partial charge on any atom is -0.337 e. The molecule has 0 aliphatic carbocycles. The lowest BCUT2D eigenvalue weighted by Crippen LogP contribution is -2.41. The van der Waals surface area contributed by atoms with Gasteiger partial charge in [-0.05, 0) is 43.9 Å². The maximum Gasteiger partial charge on any atom is 0.271 e. The molecule has 3 rings (SSSR count). The van der Waals surface area contributed by atoms with Crippen LogP contribution in [0.2, 0.25) is 0 Å². The van der Waals surface area contributed by atoms with Crippen molar-refractivity contribution < 1.29 is 9.59 Å². The highest BCUT2D eigenvalue weighted by Crippen LogP contribution is 2.25. The highest BCUT2D eigenvalue weighted by atomic mass is 35.5. The zero-order valence-electron chi connectivity index (χ0n) is 15.4.